The molecular formula is C17H17N3O5S. The molecule has 0 aliphatic carbocycles. The molecule has 0 spiro atoms. The van der Waals surface area contributed by atoms with Crippen LogP contribution in [0.25, 0.3) is 22.8 Å². The third-order valence-electron chi connectivity index (χ3n) is 3.49. The predicted octanol–water partition coefficient (Wildman–Crippen LogP) is 2.23. The maximum absolute atomic E-state index is 11.5. The standard InChI is InChI=1S/C17H17N3O5S/c1-23-9-10-24-15-11-13(7-8-18-15)17-19-16(20-25-17)12-3-5-14(6-4-12)26(2,21)22/h3-8,11H,9-10H2,1-2H3. The summed E-state index contributed by atoms with van der Waals surface area (Å²) >= 11 is 0. The number of ether oxygens (including phenoxy) is 2. The Bertz CT molecular complexity index is 984. The molecule has 0 fully saturated rings. The minimum absolute atomic E-state index is 0.233. The van der Waals surface area contributed by atoms with Crippen molar-refractivity contribution in [2.24, 2.45) is 0 Å². The van der Waals surface area contributed by atoms with Gasteiger partial charge in [-0.25, -0.2) is 13.4 Å². The van der Waals surface area contributed by atoms with Gasteiger partial charge >= 0.3 is 0 Å². The third kappa shape index (κ3) is 4.24. The fourth-order valence-corrected chi connectivity index (χ4v) is 2.79. The van der Waals surface area contributed by atoms with Crippen LogP contribution >= 0.6 is 0 Å². The Labute approximate surface area is 150 Å². The van der Waals surface area contributed by atoms with Crippen LogP contribution in [0.15, 0.2) is 52.0 Å². The van der Waals surface area contributed by atoms with Crippen molar-refractivity contribution >= 4 is 9.84 Å². The summed E-state index contributed by atoms with van der Waals surface area (Å²) in [6.07, 6.45) is 2.74. The van der Waals surface area contributed by atoms with Crippen molar-refractivity contribution in [1.82, 2.24) is 15.1 Å². The van der Waals surface area contributed by atoms with Crippen molar-refractivity contribution in [2.45, 2.75) is 4.90 Å². The van der Waals surface area contributed by atoms with Crippen molar-refractivity contribution in [3.63, 3.8) is 0 Å². The van der Waals surface area contributed by atoms with E-state index in [-0.39, 0.29) is 4.90 Å². The molecule has 0 aliphatic rings. The second-order valence-electron chi connectivity index (χ2n) is 5.44. The Hall–Kier alpha value is -2.78. The summed E-state index contributed by atoms with van der Waals surface area (Å²) < 4.78 is 38.7. The van der Waals surface area contributed by atoms with Gasteiger partial charge in [-0.05, 0) is 30.3 Å². The second-order valence-corrected chi connectivity index (χ2v) is 7.46. The first kappa shape index (κ1) is 18.0. The van der Waals surface area contributed by atoms with E-state index in [4.69, 9.17) is 14.0 Å². The fraction of sp³-hybridized carbons (Fsp3) is 0.235. The van der Waals surface area contributed by atoms with Crippen LogP contribution in [-0.2, 0) is 14.6 Å². The number of rotatable bonds is 7. The summed E-state index contributed by atoms with van der Waals surface area (Å²) in [4.78, 5) is 8.69. The Morgan fingerprint density at radius 2 is 1.85 bits per heavy atom. The van der Waals surface area contributed by atoms with Crippen LogP contribution < -0.4 is 4.74 Å². The summed E-state index contributed by atoms with van der Waals surface area (Å²) in [5, 5.41) is 3.94. The third-order valence-corrected chi connectivity index (χ3v) is 4.61. The van der Waals surface area contributed by atoms with E-state index in [1.807, 2.05) is 0 Å². The van der Waals surface area contributed by atoms with Gasteiger partial charge in [0.2, 0.25) is 11.7 Å². The molecule has 0 saturated carbocycles. The number of hydrogen-bond donors (Lipinski definition) is 0. The molecule has 8 nitrogen and oxygen atoms in total. The molecule has 0 N–H and O–H groups in total. The summed E-state index contributed by atoms with van der Waals surface area (Å²) in [5.74, 6) is 1.10. The van der Waals surface area contributed by atoms with Gasteiger partial charge in [0.1, 0.15) is 6.61 Å². The van der Waals surface area contributed by atoms with Crippen molar-refractivity contribution in [3.05, 3.63) is 42.6 Å². The highest BCUT2D eigenvalue weighted by Crippen LogP contribution is 2.24. The van der Waals surface area contributed by atoms with Gasteiger partial charge in [0.05, 0.1) is 11.5 Å². The molecule has 0 unspecified atom stereocenters. The smallest absolute Gasteiger partial charge is 0.258 e. The minimum atomic E-state index is -3.25. The van der Waals surface area contributed by atoms with E-state index in [0.717, 1.165) is 6.26 Å². The molecule has 0 bridgehead atoms. The largest absolute Gasteiger partial charge is 0.475 e. The Balaban J connectivity index is 1.80. The average molecular weight is 375 g/mol. The molecule has 3 rings (SSSR count). The van der Waals surface area contributed by atoms with Gasteiger partial charge in [-0.1, -0.05) is 5.16 Å². The van der Waals surface area contributed by atoms with Crippen LogP contribution in [0, 0.1) is 0 Å². The van der Waals surface area contributed by atoms with Gasteiger partial charge in [-0.3, -0.25) is 0 Å². The number of pyridine rings is 1. The van der Waals surface area contributed by atoms with E-state index < -0.39 is 9.84 Å². The lowest BCUT2D eigenvalue weighted by atomic mass is 10.2. The van der Waals surface area contributed by atoms with E-state index in [1.54, 1.807) is 37.6 Å². The van der Waals surface area contributed by atoms with E-state index in [9.17, 15) is 8.42 Å². The molecular weight excluding hydrogens is 358 g/mol. The normalized spacial score (nSPS) is 11.5. The summed E-state index contributed by atoms with van der Waals surface area (Å²) in [6.45, 7) is 0.842. The first-order chi connectivity index (χ1) is 12.5. The Kier molecular flexibility index (Phi) is 5.29. The zero-order chi connectivity index (χ0) is 18.6. The highest BCUT2D eigenvalue weighted by atomic mass is 32.2. The molecule has 136 valence electrons. The van der Waals surface area contributed by atoms with E-state index >= 15 is 0 Å². The van der Waals surface area contributed by atoms with E-state index in [2.05, 4.69) is 15.1 Å². The molecule has 0 amide bonds. The lowest BCUT2D eigenvalue weighted by Gasteiger charge is -2.04. The Morgan fingerprint density at radius 1 is 1.08 bits per heavy atom. The molecule has 0 atom stereocenters. The van der Waals surface area contributed by atoms with Crippen molar-refractivity contribution in [2.75, 3.05) is 26.6 Å². The van der Waals surface area contributed by atoms with Crippen LogP contribution in [0.5, 0.6) is 5.88 Å². The van der Waals surface area contributed by atoms with E-state index in [1.165, 1.54) is 12.1 Å². The maximum Gasteiger partial charge on any atom is 0.258 e. The predicted molar refractivity (Wildman–Crippen MR) is 93.4 cm³/mol. The van der Waals surface area contributed by atoms with Crippen LogP contribution in [-0.4, -0.2) is 50.1 Å². The molecule has 0 saturated heterocycles. The second kappa shape index (κ2) is 7.63. The van der Waals surface area contributed by atoms with E-state index in [0.29, 0.717) is 41.9 Å². The molecule has 26 heavy (non-hydrogen) atoms. The number of sulfone groups is 1. The number of hydrogen-bond acceptors (Lipinski definition) is 8. The van der Waals surface area contributed by atoms with Crippen LogP contribution in [0.4, 0.5) is 0 Å². The average Bonchev–Trinajstić information content (AvgIpc) is 3.12. The highest BCUT2D eigenvalue weighted by Gasteiger charge is 2.13. The van der Waals surface area contributed by atoms with Crippen molar-refractivity contribution in [1.29, 1.82) is 0 Å². The SMILES string of the molecule is COCCOc1cc(-c2nc(-c3ccc(S(C)(=O)=O)cc3)no2)ccn1. The summed E-state index contributed by atoms with van der Waals surface area (Å²) in [5.41, 5.74) is 1.32. The first-order valence-corrected chi connectivity index (χ1v) is 9.59. The van der Waals surface area contributed by atoms with Gasteiger partial charge in [-0.2, -0.15) is 4.98 Å². The zero-order valence-electron chi connectivity index (χ0n) is 14.2. The zero-order valence-corrected chi connectivity index (χ0v) is 15.1. The summed E-state index contributed by atoms with van der Waals surface area (Å²) in [6, 6.07) is 9.71. The van der Waals surface area contributed by atoms with Gasteiger partial charge in [0.15, 0.2) is 9.84 Å². The molecule has 0 aliphatic heterocycles. The maximum atomic E-state index is 11.5. The Morgan fingerprint density at radius 3 is 2.54 bits per heavy atom. The minimum Gasteiger partial charge on any atom is -0.475 e. The summed E-state index contributed by atoms with van der Waals surface area (Å²) in [7, 11) is -1.66. The fourth-order valence-electron chi connectivity index (χ4n) is 2.16. The monoisotopic (exact) mass is 375 g/mol. The van der Waals surface area contributed by atoms with Gasteiger partial charge < -0.3 is 14.0 Å². The number of aromatic nitrogens is 3. The molecule has 0 radical (unpaired) electrons. The molecule has 2 aromatic heterocycles. The van der Waals surface area contributed by atoms with Crippen LogP contribution in [0.2, 0.25) is 0 Å². The number of nitrogens with zero attached hydrogens (tertiary/aromatic N) is 3. The van der Waals surface area contributed by atoms with Crippen molar-refractivity contribution < 1.29 is 22.4 Å². The topological polar surface area (TPSA) is 104 Å². The number of benzene rings is 1. The lowest BCUT2D eigenvalue weighted by Crippen LogP contribution is -2.05. The van der Waals surface area contributed by atoms with Crippen LogP contribution in [0.3, 0.4) is 0 Å². The quantitative estimate of drug-likeness (QED) is 0.579. The first-order valence-electron chi connectivity index (χ1n) is 7.70. The van der Waals surface area contributed by atoms with Gasteiger partial charge in [-0.15, -0.1) is 0 Å². The van der Waals surface area contributed by atoms with Crippen molar-refractivity contribution in [3.8, 4) is 28.7 Å². The van der Waals surface area contributed by atoms with Gasteiger partial charge in [0, 0.05) is 36.8 Å². The highest BCUT2D eigenvalue weighted by molar-refractivity contribution is 7.90. The molecule has 1 aromatic carbocycles. The number of methoxy groups -OCH3 is 1. The lowest BCUT2D eigenvalue weighted by molar-refractivity contribution is 0.144. The van der Waals surface area contributed by atoms with Crippen LogP contribution in [0.1, 0.15) is 0 Å². The molecule has 9 heteroatoms. The molecule has 2 heterocycles. The van der Waals surface area contributed by atoms with Gasteiger partial charge in [0.25, 0.3) is 5.89 Å². The molecule has 3 aromatic rings.